The molecule has 1 atom stereocenters. The van der Waals surface area contributed by atoms with Gasteiger partial charge in [0.1, 0.15) is 0 Å². The SMILES string of the molecule is Cc1ccc(C(=O)N[C@H](c2nnc(SCC(=O)Nc3cccc(C)c3C)n2C)C(C)C)cc1. The monoisotopic (exact) mass is 465 g/mol. The number of amides is 2. The van der Waals surface area contributed by atoms with Gasteiger partial charge in [-0.2, -0.15) is 0 Å². The average molecular weight is 466 g/mol. The molecule has 0 spiro atoms. The van der Waals surface area contributed by atoms with Crippen LogP contribution in [0.4, 0.5) is 5.69 Å². The molecule has 0 unspecified atom stereocenters. The molecule has 33 heavy (non-hydrogen) atoms. The summed E-state index contributed by atoms with van der Waals surface area (Å²) in [5.41, 5.74) is 4.71. The molecule has 0 bridgehead atoms. The Morgan fingerprint density at radius 1 is 1.03 bits per heavy atom. The second kappa shape index (κ2) is 10.7. The minimum atomic E-state index is -0.311. The first-order valence-corrected chi connectivity index (χ1v) is 11.9. The summed E-state index contributed by atoms with van der Waals surface area (Å²) < 4.78 is 1.84. The van der Waals surface area contributed by atoms with Crippen LogP contribution < -0.4 is 10.6 Å². The summed E-state index contributed by atoms with van der Waals surface area (Å²) in [6, 6.07) is 13.0. The molecule has 0 saturated heterocycles. The van der Waals surface area contributed by atoms with Crippen molar-refractivity contribution < 1.29 is 9.59 Å². The van der Waals surface area contributed by atoms with Gasteiger partial charge in [0.05, 0.1) is 11.8 Å². The van der Waals surface area contributed by atoms with Crippen molar-refractivity contribution in [3.05, 3.63) is 70.5 Å². The van der Waals surface area contributed by atoms with E-state index >= 15 is 0 Å². The van der Waals surface area contributed by atoms with E-state index in [4.69, 9.17) is 0 Å². The van der Waals surface area contributed by atoms with Crippen molar-refractivity contribution in [2.75, 3.05) is 11.1 Å². The number of hydrogen-bond donors (Lipinski definition) is 2. The van der Waals surface area contributed by atoms with E-state index in [-0.39, 0.29) is 29.5 Å². The molecule has 3 aromatic rings. The summed E-state index contributed by atoms with van der Waals surface area (Å²) in [5.74, 6) is 0.710. The van der Waals surface area contributed by atoms with Crippen LogP contribution in [0, 0.1) is 26.7 Å². The molecule has 2 amide bonds. The lowest BCUT2D eigenvalue weighted by Crippen LogP contribution is -2.33. The Morgan fingerprint density at radius 3 is 2.39 bits per heavy atom. The first kappa shape index (κ1) is 24.5. The molecule has 0 aliphatic carbocycles. The molecule has 174 valence electrons. The Bertz CT molecular complexity index is 1140. The lowest BCUT2D eigenvalue weighted by molar-refractivity contribution is -0.113. The highest BCUT2D eigenvalue weighted by atomic mass is 32.2. The predicted octanol–water partition coefficient (Wildman–Crippen LogP) is 4.60. The smallest absolute Gasteiger partial charge is 0.251 e. The maximum Gasteiger partial charge on any atom is 0.251 e. The topological polar surface area (TPSA) is 88.9 Å². The molecule has 0 saturated carbocycles. The minimum absolute atomic E-state index is 0.104. The van der Waals surface area contributed by atoms with Gasteiger partial charge in [0.15, 0.2) is 11.0 Å². The normalized spacial score (nSPS) is 12.0. The molecule has 0 radical (unpaired) electrons. The molecule has 0 fully saturated rings. The zero-order chi connectivity index (χ0) is 24.1. The Kier molecular flexibility index (Phi) is 7.92. The third-order valence-electron chi connectivity index (χ3n) is 5.62. The number of aryl methyl sites for hydroxylation is 2. The number of aromatic nitrogens is 3. The number of anilines is 1. The molecule has 7 nitrogen and oxygen atoms in total. The fraction of sp³-hybridized carbons (Fsp3) is 0.360. The van der Waals surface area contributed by atoms with Crippen molar-refractivity contribution in [1.29, 1.82) is 0 Å². The van der Waals surface area contributed by atoms with Crippen LogP contribution >= 0.6 is 11.8 Å². The van der Waals surface area contributed by atoms with E-state index in [1.54, 1.807) is 0 Å². The fourth-order valence-corrected chi connectivity index (χ4v) is 4.10. The van der Waals surface area contributed by atoms with Gasteiger partial charge in [-0.3, -0.25) is 9.59 Å². The summed E-state index contributed by atoms with van der Waals surface area (Å²) in [7, 11) is 1.85. The lowest BCUT2D eigenvalue weighted by atomic mass is 10.0. The maximum atomic E-state index is 12.8. The third-order valence-corrected chi connectivity index (χ3v) is 6.65. The number of nitrogens with zero attached hydrogens (tertiary/aromatic N) is 3. The van der Waals surface area contributed by atoms with Gasteiger partial charge in [-0.25, -0.2) is 0 Å². The van der Waals surface area contributed by atoms with Crippen molar-refractivity contribution >= 4 is 29.3 Å². The Labute approximate surface area is 199 Å². The van der Waals surface area contributed by atoms with E-state index in [9.17, 15) is 9.59 Å². The van der Waals surface area contributed by atoms with Gasteiger partial charge < -0.3 is 15.2 Å². The Hall–Kier alpha value is -3.13. The highest BCUT2D eigenvalue weighted by Gasteiger charge is 2.25. The fourth-order valence-electron chi connectivity index (χ4n) is 3.38. The Balaban J connectivity index is 1.67. The van der Waals surface area contributed by atoms with E-state index < -0.39 is 0 Å². The molecule has 0 aliphatic rings. The van der Waals surface area contributed by atoms with Crippen molar-refractivity contribution in [1.82, 2.24) is 20.1 Å². The van der Waals surface area contributed by atoms with Gasteiger partial charge >= 0.3 is 0 Å². The second-order valence-corrected chi connectivity index (χ2v) is 9.49. The minimum Gasteiger partial charge on any atom is -0.342 e. The van der Waals surface area contributed by atoms with Gasteiger partial charge in [0.2, 0.25) is 5.91 Å². The number of nitrogens with one attached hydrogen (secondary N) is 2. The zero-order valence-electron chi connectivity index (χ0n) is 20.0. The predicted molar refractivity (Wildman–Crippen MR) is 132 cm³/mol. The number of thioether (sulfide) groups is 1. The second-order valence-electron chi connectivity index (χ2n) is 8.55. The van der Waals surface area contributed by atoms with Crippen LogP contribution in [0.2, 0.25) is 0 Å². The average Bonchev–Trinajstić information content (AvgIpc) is 3.14. The van der Waals surface area contributed by atoms with Gasteiger partial charge in [-0.05, 0) is 56.0 Å². The summed E-state index contributed by atoms with van der Waals surface area (Å²) in [5, 5.41) is 15.3. The van der Waals surface area contributed by atoms with Gasteiger partial charge in [-0.15, -0.1) is 10.2 Å². The molecule has 8 heteroatoms. The summed E-state index contributed by atoms with van der Waals surface area (Å²) in [6.07, 6.45) is 0. The van der Waals surface area contributed by atoms with E-state index in [0.717, 1.165) is 22.4 Å². The molecule has 0 aliphatic heterocycles. The largest absolute Gasteiger partial charge is 0.342 e. The summed E-state index contributed by atoms with van der Waals surface area (Å²) in [4.78, 5) is 25.3. The number of carbonyl (C=O) groups is 2. The van der Waals surface area contributed by atoms with Crippen molar-refractivity contribution in [2.24, 2.45) is 13.0 Å². The van der Waals surface area contributed by atoms with E-state index in [1.807, 2.05) is 88.7 Å². The molecule has 1 heterocycles. The van der Waals surface area contributed by atoms with Crippen LogP contribution in [0.1, 0.15) is 52.8 Å². The zero-order valence-corrected chi connectivity index (χ0v) is 20.8. The van der Waals surface area contributed by atoms with E-state index in [2.05, 4.69) is 20.8 Å². The highest BCUT2D eigenvalue weighted by molar-refractivity contribution is 7.99. The van der Waals surface area contributed by atoms with Crippen molar-refractivity contribution in [3.63, 3.8) is 0 Å². The molecule has 1 aromatic heterocycles. The van der Waals surface area contributed by atoms with Gasteiger partial charge in [0.25, 0.3) is 5.91 Å². The Morgan fingerprint density at radius 2 is 1.73 bits per heavy atom. The standard InChI is InChI=1S/C25H31N5O2S/c1-15(2)22(27-24(32)19-12-10-16(3)11-13-19)23-28-29-25(30(23)6)33-14-21(31)26-20-9-7-8-17(4)18(20)5/h7-13,15,22H,14H2,1-6H3,(H,26,31)(H,27,32)/t22-/m0/s1. The lowest BCUT2D eigenvalue weighted by Gasteiger charge is -2.21. The molecule has 2 N–H and O–H groups in total. The van der Waals surface area contributed by atoms with Gasteiger partial charge in [-0.1, -0.05) is 55.4 Å². The molecular formula is C25H31N5O2S. The number of hydrogen-bond acceptors (Lipinski definition) is 5. The van der Waals surface area contributed by atoms with Crippen LogP contribution in [0.3, 0.4) is 0 Å². The summed E-state index contributed by atoms with van der Waals surface area (Å²) >= 11 is 1.32. The molecular weight excluding hydrogens is 434 g/mol. The number of carbonyl (C=O) groups excluding carboxylic acids is 2. The van der Waals surface area contributed by atoms with Crippen LogP contribution in [0.15, 0.2) is 47.6 Å². The van der Waals surface area contributed by atoms with Crippen LogP contribution in [0.25, 0.3) is 0 Å². The van der Waals surface area contributed by atoms with Crippen LogP contribution in [0.5, 0.6) is 0 Å². The quantitative estimate of drug-likeness (QED) is 0.475. The number of benzene rings is 2. The van der Waals surface area contributed by atoms with Crippen molar-refractivity contribution in [2.45, 2.75) is 45.8 Å². The molecule has 2 aromatic carbocycles. The van der Waals surface area contributed by atoms with Crippen LogP contribution in [-0.2, 0) is 11.8 Å². The third kappa shape index (κ3) is 6.01. The maximum absolute atomic E-state index is 12.8. The summed E-state index contributed by atoms with van der Waals surface area (Å²) in [6.45, 7) is 10.0. The van der Waals surface area contributed by atoms with Crippen LogP contribution in [-0.4, -0.2) is 32.3 Å². The van der Waals surface area contributed by atoms with Gasteiger partial charge in [0, 0.05) is 18.3 Å². The van der Waals surface area contributed by atoms with E-state index in [1.165, 1.54) is 11.8 Å². The highest BCUT2D eigenvalue weighted by Crippen LogP contribution is 2.25. The van der Waals surface area contributed by atoms with Crippen molar-refractivity contribution in [3.8, 4) is 0 Å². The van der Waals surface area contributed by atoms with E-state index in [0.29, 0.717) is 16.5 Å². The number of rotatable bonds is 8. The molecule has 3 rings (SSSR count). The first-order valence-electron chi connectivity index (χ1n) is 10.9. The first-order chi connectivity index (χ1) is 15.7.